The SMILES string of the molecule is COC(=O)c1n[nH]c2c1CN(C(=O)C1CCOc3ccccc3C1)CC2. The van der Waals surface area contributed by atoms with Crippen molar-refractivity contribution in [2.24, 2.45) is 5.92 Å². The molecule has 0 fully saturated rings. The van der Waals surface area contributed by atoms with Gasteiger partial charge in [-0.05, 0) is 24.5 Å². The number of para-hydroxylation sites is 1. The Morgan fingerprint density at radius 3 is 3.04 bits per heavy atom. The third-order valence-corrected chi connectivity index (χ3v) is 5.14. The molecule has 1 amide bonds. The number of carbonyl (C=O) groups excluding carboxylic acids is 2. The largest absolute Gasteiger partial charge is 0.493 e. The summed E-state index contributed by atoms with van der Waals surface area (Å²) in [4.78, 5) is 26.8. The molecule has 2 aliphatic rings. The van der Waals surface area contributed by atoms with Crippen LogP contribution >= 0.6 is 0 Å². The fourth-order valence-corrected chi connectivity index (χ4v) is 3.71. The van der Waals surface area contributed by atoms with Crippen LogP contribution in [0.1, 0.15) is 33.7 Å². The molecule has 0 saturated carbocycles. The average molecular weight is 355 g/mol. The number of benzene rings is 1. The van der Waals surface area contributed by atoms with Crippen molar-refractivity contribution in [2.45, 2.75) is 25.8 Å². The van der Waals surface area contributed by atoms with E-state index in [1.807, 2.05) is 29.2 Å². The standard InChI is InChI=1S/C19H21N3O4/c1-25-19(24)17-14-11-22(8-6-15(14)20-21-17)18(23)13-7-9-26-16-5-3-2-4-12(16)10-13/h2-5,13H,6-11H2,1H3,(H,20,21). The normalized spacial score (nSPS) is 19.0. The second-order valence-electron chi connectivity index (χ2n) is 6.68. The maximum atomic E-state index is 13.1. The summed E-state index contributed by atoms with van der Waals surface area (Å²) in [5, 5.41) is 6.96. The van der Waals surface area contributed by atoms with E-state index in [2.05, 4.69) is 10.2 Å². The summed E-state index contributed by atoms with van der Waals surface area (Å²) in [5.74, 6) is 0.377. The fraction of sp³-hybridized carbons (Fsp3) is 0.421. The molecular weight excluding hydrogens is 334 g/mol. The van der Waals surface area contributed by atoms with Gasteiger partial charge in [-0.3, -0.25) is 9.89 Å². The van der Waals surface area contributed by atoms with Gasteiger partial charge in [-0.1, -0.05) is 18.2 Å². The topological polar surface area (TPSA) is 84.5 Å². The zero-order chi connectivity index (χ0) is 18.1. The van der Waals surface area contributed by atoms with Crippen LogP contribution in [0, 0.1) is 5.92 Å². The van der Waals surface area contributed by atoms with Crippen molar-refractivity contribution in [2.75, 3.05) is 20.3 Å². The van der Waals surface area contributed by atoms with Crippen molar-refractivity contribution in [3.05, 3.63) is 46.8 Å². The molecule has 136 valence electrons. The highest BCUT2D eigenvalue weighted by atomic mass is 16.5. The highest BCUT2D eigenvalue weighted by molar-refractivity contribution is 5.89. The van der Waals surface area contributed by atoms with Crippen LogP contribution in [0.3, 0.4) is 0 Å². The number of aromatic amines is 1. The molecule has 1 unspecified atom stereocenters. The van der Waals surface area contributed by atoms with Crippen LogP contribution in [0.15, 0.2) is 24.3 Å². The predicted octanol–water partition coefficient (Wildman–Crippen LogP) is 1.72. The molecule has 4 rings (SSSR count). The zero-order valence-corrected chi connectivity index (χ0v) is 14.7. The second-order valence-corrected chi connectivity index (χ2v) is 6.68. The maximum Gasteiger partial charge on any atom is 0.358 e. The van der Waals surface area contributed by atoms with Crippen LogP contribution in [-0.2, 0) is 28.9 Å². The molecule has 1 aromatic carbocycles. The van der Waals surface area contributed by atoms with E-state index in [0.29, 0.717) is 39.0 Å². The number of H-pyrrole nitrogens is 1. The average Bonchev–Trinajstić information content (AvgIpc) is 2.97. The van der Waals surface area contributed by atoms with Crippen LogP contribution < -0.4 is 4.74 Å². The number of hydrogen-bond acceptors (Lipinski definition) is 5. The van der Waals surface area contributed by atoms with Gasteiger partial charge in [-0.25, -0.2) is 4.79 Å². The molecule has 0 spiro atoms. The number of aromatic nitrogens is 2. The molecule has 2 aromatic rings. The van der Waals surface area contributed by atoms with Gasteiger partial charge in [0, 0.05) is 36.7 Å². The number of nitrogens with zero attached hydrogens (tertiary/aromatic N) is 2. The van der Waals surface area contributed by atoms with Crippen LogP contribution in [-0.4, -0.2) is 47.2 Å². The molecule has 1 atom stereocenters. The lowest BCUT2D eigenvalue weighted by atomic mass is 9.94. The molecule has 3 heterocycles. The van der Waals surface area contributed by atoms with E-state index in [4.69, 9.17) is 9.47 Å². The van der Waals surface area contributed by atoms with Gasteiger partial charge < -0.3 is 14.4 Å². The van der Waals surface area contributed by atoms with Gasteiger partial charge in [-0.15, -0.1) is 0 Å². The van der Waals surface area contributed by atoms with E-state index in [1.54, 1.807) is 0 Å². The Hall–Kier alpha value is -2.83. The zero-order valence-electron chi connectivity index (χ0n) is 14.7. The van der Waals surface area contributed by atoms with Crippen LogP contribution in [0.4, 0.5) is 0 Å². The monoisotopic (exact) mass is 355 g/mol. The van der Waals surface area contributed by atoms with E-state index in [1.165, 1.54) is 7.11 Å². The first-order valence-electron chi connectivity index (χ1n) is 8.81. The van der Waals surface area contributed by atoms with E-state index >= 15 is 0 Å². The Balaban J connectivity index is 1.53. The summed E-state index contributed by atoms with van der Waals surface area (Å²) in [7, 11) is 1.33. The number of esters is 1. The van der Waals surface area contributed by atoms with Crippen molar-refractivity contribution in [1.29, 1.82) is 0 Å². The molecule has 0 saturated heterocycles. The van der Waals surface area contributed by atoms with E-state index in [9.17, 15) is 9.59 Å². The van der Waals surface area contributed by atoms with Crippen molar-refractivity contribution in [1.82, 2.24) is 15.1 Å². The lowest BCUT2D eigenvalue weighted by molar-refractivity contribution is -0.136. The summed E-state index contributed by atoms with van der Waals surface area (Å²) >= 11 is 0. The third kappa shape index (κ3) is 2.94. The van der Waals surface area contributed by atoms with Gasteiger partial charge in [0.1, 0.15) is 5.75 Å². The van der Waals surface area contributed by atoms with Crippen molar-refractivity contribution >= 4 is 11.9 Å². The van der Waals surface area contributed by atoms with Crippen LogP contribution in [0.25, 0.3) is 0 Å². The van der Waals surface area contributed by atoms with Crippen LogP contribution in [0.2, 0.25) is 0 Å². The summed E-state index contributed by atoms with van der Waals surface area (Å²) in [6.45, 7) is 1.54. The minimum Gasteiger partial charge on any atom is -0.493 e. The van der Waals surface area contributed by atoms with Gasteiger partial charge in [0.15, 0.2) is 5.69 Å². The molecule has 26 heavy (non-hydrogen) atoms. The van der Waals surface area contributed by atoms with Crippen molar-refractivity contribution in [3.63, 3.8) is 0 Å². The molecule has 1 N–H and O–H groups in total. The Labute approximate surface area is 151 Å². The first kappa shape index (κ1) is 16.6. The summed E-state index contributed by atoms with van der Waals surface area (Å²) < 4.78 is 10.6. The lowest BCUT2D eigenvalue weighted by Gasteiger charge is -2.30. The summed E-state index contributed by atoms with van der Waals surface area (Å²) in [6, 6.07) is 7.88. The summed E-state index contributed by atoms with van der Waals surface area (Å²) in [6.07, 6.45) is 2.02. The van der Waals surface area contributed by atoms with E-state index in [-0.39, 0.29) is 17.5 Å². The molecule has 0 bridgehead atoms. The Morgan fingerprint density at radius 1 is 1.35 bits per heavy atom. The number of ether oxygens (including phenoxy) is 2. The van der Waals surface area contributed by atoms with Gasteiger partial charge in [-0.2, -0.15) is 5.10 Å². The number of amides is 1. The number of methoxy groups -OCH3 is 1. The molecule has 0 aliphatic carbocycles. The van der Waals surface area contributed by atoms with Gasteiger partial charge in [0.2, 0.25) is 5.91 Å². The highest BCUT2D eigenvalue weighted by Crippen LogP contribution is 2.29. The van der Waals surface area contributed by atoms with Gasteiger partial charge >= 0.3 is 5.97 Å². The fourth-order valence-electron chi connectivity index (χ4n) is 3.71. The third-order valence-electron chi connectivity index (χ3n) is 5.14. The number of carbonyl (C=O) groups is 2. The number of fused-ring (bicyclic) bond motifs is 2. The molecule has 1 aromatic heterocycles. The lowest BCUT2D eigenvalue weighted by Crippen LogP contribution is -2.40. The number of hydrogen-bond donors (Lipinski definition) is 1. The number of nitrogens with one attached hydrogen (secondary N) is 1. The Bertz CT molecular complexity index is 845. The molecular formula is C19H21N3O4. The molecule has 0 radical (unpaired) electrons. The summed E-state index contributed by atoms with van der Waals surface area (Å²) in [5.41, 5.74) is 3.01. The molecule has 7 heteroatoms. The van der Waals surface area contributed by atoms with Gasteiger partial charge in [0.05, 0.1) is 13.7 Å². The number of rotatable bonds is 2. The van der Waals surface area contributed by atoms with E-state index < -0.39 is 5.97 Å². The van der Waals surface area contributed by atoms with Crippen molar-refractivity contribution in [3.8, 4) is 5.75 Å². The quantitative estimate of drug-likeness (QED) is 0.829. The second kappa shape index (κ2) is 6.82. The first-order valence-corrected chi connectivity index (χ1v) is 8.81. The molecule has 7 nitrogen and oxygen atoms in total. The van der Waals surface area contributed by atoms with Gasteiger partial charge in [0.25, 0.3) is 0 Å². The van der Waals surface area contributed by atoms with Crippen LogP contribution in [0.5, 0.6) is 5.75 Å². The Kier molecular flexibility index (Phi) is 4.36. The van der Waals surface area contributed by atoms with Crippen molar-refractivity contribution < 1.29 is 19.1 Å². The Morgan fingerprint density at radius 2 is 2.19 bits per heavy atom. The van der Waals surface area contributed by atoms with E-state index in [0.717, 1.165) is 22.6 Å². The minimum absolute atomic E-state index is 0.105. The maximum absolute atomic E-state index is 13.1. The predicted molar refractivity (Wildman–Crippen MR) is 92.8 cm³/mol. The smallest absolute Gasteiger partial charge is 0.358 e. The molecule has 2 aliphatic heterocycles. The first-order chi connectivity index (χ1) is 12.7. The minimum atomic E-state index is -0.478. The highest BCUT2D eigenvalue weighted by Gasteiger charge is 2.32.